The average molecular weight is 318 g/mol. The van der Waals surface area contributed by atoms with Crippen LogP contribution in [0.5, 0.6) is 0 Å². The molecule has 126 valence electrons. The zero-order valence-corrected chi connectivity index (χ0v) is 13.8. The van der Waals surface area contributed by atoms with Crippen molar-refractivity contribution in [2.75, 3.05) is 0 Å². The molecule has 23 heavy (non-hydrogen) atoms. The first-order valence-corrected chi connectivity index (χ1v) is 8.49. The van der Waals surface area contributed by atoms with Crippen molar-refractivity contribution in [2.24, 2.45) is 10.8 Å². The minimum atomic E-state index is -1.21. The number of hydrogen-bond acceptors (Lipinski definition) is 2. The maximum Gasteiger partial charge on any atom is 0.311 e. The molecule has 2 unspecified atom stereocenters. The molecule has 1 aliphatic rings. The number of unbranched alkanes of at least 4 members (excludes halogenated alkanes) is 1. The van der Waals surface area contributed by atoms with Gasteiger partial charge in [-0.05, 0) is 31.2 Å². The van der Waals surface area contributed by atoms with E-state index in [1.807, 2.05) is 37.3 Å². The van der Waals surface area contributed by atoms with Gasteiger partial charge in [0.1, 0.15) is 0 Å². The second-order valence-corrected chi connectivity index (χ2v) is 6.75. The van der Waals surface area contributed by atoms with Crippen LogP contribution in [0.2, 0.25) is 0 Å². The van der Waals surface area contributed by atoms with E-state index >= 15 is 0 Å². The second kappa shape index (κ2) is 7.16. The number of rotatable bonds is 7. The lowest BCUT2D eigenvalue weighted by molar-refractivity contribution is -0.181. The fourth-order valence-electron chi connectivity index (χ4n) is 4.18. The molecule has 4 heteroatoms. The van der Waals surface area contributed by atoms with Crippen molar-refractivity contribution >= 4 is 11.9 Å². The van der Waals surface area contributed by atoms with E-state index in [2.05, 4.69) is 0 Å². The number of carboxylic acids is 2. The van der Waals surface area contributed by atoms with Gasteiger partial charge in [-0.15, -0.1) is 0 Å². The Morgan fingerprint density at radius 2 is 1.57 bits per heavy atom. The summed E-state index contributed by atoms with van der Waals surface area (Å²) in [5.74, 6) is -1.90. The molecule has 0 aliphatic heterocycles. The fourth-order valence-corrected chi connectivity index (χ4v) is 4.18. The van der Waals surface area contributed by atoms with E-state index in [0.717, 1.165) is 31.2 Å². The number of carboxylic acid groups (broad SMARTS) is 2. The van der Waals surface area contributed by atoms with E-state index in [1.54, 1.807) is 0 Å². The monoisotopic (exact) mass is 318 g/mol. The van der Waals surface area contributed by atoms with Gasteiger partial charge in [-0.1, -0.05) is 62.9 Å². The van der Waals surface area contributed by atoms with Crippen molar-refractivity contribution in [2.45, 2.75) is 58.3 Å². The Balaban J connectivity index is 2.50. The van der Waals surface area contributed by atoms with Crippen molar-refractivity contribution in [3.8, 4) is 0 Å². The second-order valence-electron chi connectivity index (χ2n) is 6.75. The van der Waals surface area contributed by atoms with E-state index < -0.39 is 22.8 Å². The van der Waals surface area contributed by atoms with Gasteiger partial charge in [0.25, 0.3) is 0 Å². The van der Waals surface area contributed by atoms with E-state index in [4.69, 9.17) is 0 Å². The van der Waals surface area contributed by atoms with Crippen LogP contribution in [0, 0.1) is 10.8 Å². The first kappa shape index (κ1) is 17.5. The van der Waals surface area contributed by atoms with Crippen LogP contribution < -0.4 is 0 Å². The molecule has 1 saturated carbocycles. The molecule has 4 nitrogen and oxygen atoms in total. The van der Waals surface area contributed by atoms with Crippen molar-refractivity contribution in [3.05, 3.63) is 35.9 Å². The molecular weight excluding hydrogens is 292 g/mol. The molecule has 0 spiro atoms. The third-order valence-electron chi connectivity index (χ3n) is 5.50. The normalized spacial score (nSPS) is 27.5. The summed E-state index contributed by atoms with van der Waals surface area (Å²) in [4.78, 5) is 24.5. The summed E-state index contributed by atoms with van der Waals surface area (Å²) in [6, 6.07) is 9.43. The van der Waals surface area contributed by atoms with Crippen LogP contribution in [0.25, 0.3) is 0 Å². The van der Waals surface area contributed by atoms with Crippen LogP contribution in [0.3, 0.4) is 0 Å². The van der Waals surface area contributed by atoms with Gasteiger partial charge in [-0.2, -0.15) is 0 Å². The van der Waals surface area contributed by atoms with Crippen molar-refractivity contribution in [1.82, 2.24) is 0 Å². The highest BCUT2D eigenvalue weighted by Gasteiger charge is 2.61. The highest BCUT2D eigenvalue weighted by Crippen LogP contribution is 2.55. The van der Waals surface area contributed by atoms with Gasteiger partial charge in [0, 0.05) is 0 Å². The third kappa shape index (κ3) is 3.12. The lowest BCUT2D eigenvalue weighted by Crippen LogP contribution is -2.55. The van der Waals surface area contributed by atoms with Crippen LogP contribution in [-0.2, 0) is 16.0 Å². The standard InChI is InChI=1S/C19H26O4/c1-2-3-11-18(16(20)21)12-7-8-13-19(18,17(22)23)14-15-9-5-4-6-10-15/h4-6,9-10H,2-3,7-8,11-14H2,1H3,(H,20,21)(H,22,23). The largest absolute Gasteiger partial charge is 0.481 e. The lowest BCUT2D eigenvalue weighted by Gasteiger charge is -2.48. The maximum atomic E-state index is 12.3. The maximum absolute atomic E-state index is 12.3. The number of aliphatic carboxylic acids is 2. The summed E-state index contributed by atoms with van der Waals surface area (Å²) in [7, 11) is 0. The van der Waals surface area contributed by atoms with Gasteiger partial charge in [0.05, 0.1) is 10.8 Å². The number of benzene rings is 1. The highest BCUT2D eigenvalue weighted by molar-refractivity contribution is 5.87. The molecule has 1 aromatic carbocycles. The number of carbonyl (C=O) groups is 2. The molecule has 0 radical (unpaired) electrons. The Kier molecular flexibility index (Phi) is 5.45. The predicted molar refractivity (Wildman–Crippen MR) is 88.3 cm³/mol. The SMILES string of the molecule is CCCCC1(C(=O)O)CCCCC1(Cc1ccccc1)C(=O)O. The molecule has 1 fully saturated rings. The summed E-state index contributed by atoms with van der Waals surface area (Å²) in [6.07, 6.45) is 4.82. The Labute approximate surface area is 137 Å². The Bertz CT molecular complexity index is 554. The van der Waals surface area contributed by atoms with Crippen LogP contribution >= 0.6 is 0 Å². The third-order valence-corrected chi connectivity index (χ3v) is 5.50. The summed E-state index contributed by atoms with van der Waals surface area (Å²) in [5.41, 5.74) is -1.48. The highest BCUT2D eigenvalue weighted by atomic mass is 16.4. The number of hydrogen-bond donors (Lipinski definition) is 2. The molecule has 2 rings (SSSR count). The molecule has 1 aromatic rings. The van der Waals surface area contributed by atoms with Crippen molar-refractivity contribution < 1.29 is 19.8 Å². The molecule has 2 N–H and O–H groups in total. The zero-order valence-electron chi connectivity index (χ0n) is 13.8. The van der Waals surface area contributed by atoms with E-state index in [1.165, 1.54) is 0 Å². The lowest BCUT2D eigenvalue weighted by atomic mass is 9.52. The fraction of sp³-hybridized carbons (Fsp3) is 0.579. The minimum absolute atomic E-state index is 0.291. The van der Waals surface area contributed by atoms with Gasteiger partial charge in [0.15, 0.2) is 0 Å². The first-order valence-electron chi connectivity index (χ1n) is 8.49. The van der Waals surface area contributed by atoms with Gasteiger partial charge < -0.3 is 10.2 Å². The Morgan fingerprint density at radius 3 is 2.09 bits per heavy atom. The minimum Gasteiger partial charge on any atom is -0.481 e. The van der Waals surface area contributed by atoms with Crippen molar-refractivity contribution in [1.29, 1.82) is 0 Å². The Hall–Kier alpha value is -1.84. The summed E-state index contributed by atoms with van der Waals surface area (Å²) in [5, 5.41) is 20.1. The van der Waals surface area contributed by atoms with Crippen LogP contribution in [0.15, 0.2) is 30.3 Å². The molecular formula is C19H26O4. The molecule has 0 heterocycles. The Morgan fingerprint density at radius 1 is 1.00 bits per heavy atom. The van der Waals surface area contributed by atoms with Gasteiger partial charge >= 0.3 is 11.9 Å². The van der Waals surface area contributed by atoms with Gasteiger partial charge in [-0.3, -0.25) is 9.59 Å². The van der Waals surface area contributed by atoms with E-state index in [0.29, 0.717) is 25.7 Å². The molecule has 0 amide bonds. The summed E-state index contributed by atoms with van der Waals surface area (Å²) in [6.45, 7) is 2.01. The molecule has 0 bridgehead atoms. The topological polar surface area (TPSA) is 74.6 Å². The van der Waals surface area contributed by atoms with E-state index in [-0.39, 0.29) is 0 Å². The van der Waals surface area contributed by atoms with Crippen molar-refractivity contribution in [3.63, 3.8) is 0 Å². The smallest absolute Gasteiger partial charge is 0.311 e. The van der Waals surface area contributed by atoms with Gasteiger partial charge in [0.2, 0.25) is 0 Å². The summed E-state index contributed by atoms with van der Waals surface area (Å²) < 4.78 is 0. The zero-order chi connectivity index (χ0) is 16.9. The molecule has 0 aromatic heterocycles. The molecule has 1 aliphatic carbocycles. The quantitative estimate of drug-likeness (QED) is 0.792. The van der Waals surface area contributed by atoms with Crippen LogP contribution in [-0.4, -0.2) is 22.2 Å². The molecule has 2 atom stereocenters. The average Bonchev–Trinajstić information content (AvgIpc) is 2.54. The van der Waals surface area contributed by atoms with E-state index in [9.17, 15) is 19.8 Å². The van der Waals surface area contributed by atoms with Gasteiger partial charge in [-0.25, -0.2) is 0 Å². The summed E-state index contributed by atoms with van der Waals surface area (Å²) >= 11 is 0. The first-order chi connectivity index (χ1) is 11.0. The predicted octanol–water partition coefficient (Wildman–Crippen LogP) is 4.14. The van der Waals surface area contributed by atoms with Crippen LogP contribution in [0.4, 0.5) is 0 Å². The van der Waals surface area contributed by atoms with Crippen LogP contribution in [0.1, 0.15) is 57.4 Å². The molecule has 0 saturated heterocycles.